The number of nitrogens with one attached hydrogen (secondary N) is 1. The molecule has 3 heteroatoms. The summed E-state index contributed by atoms with van der Waals surface area (Å²) < 4.78 is 11.7. The Morgan fingerprint density at radius 3 is 2.56 bits per heavy atom. The lowest BCUT2D eigenvalue weighted by Crippen LogP contribution is -2.19. The van der Waals surface area contributed by atoms with Crippen LogP contribution in [0.2, 0.25) is 0 Å². The number of rotatable bonds is 9. The number of methoxy groups -OCH3 is 1. The highest BCUT2D eigenvalue weighted by Gasteiger charge is 2.14. The number of fused-ring (bicyclic) bond motifs is 1. The first-order valence-corrected chi connectivity index (χ1v) is 9.71. The van der Waals surface area contributed by atoms with E-state index in [-0.39, 0.29) is 6.04 Å². The average Bonchev–Trinajstić information content (AvgIpc) is 2.71. The van der Waals surface area contributed by atoms with Crippen LogP contribution in [-0.2, 0) is 6.42 Å². The Labute approximate surface area is 162 Å². The van der Waals surface area contributed by atoms with Crippen LogP contribution >= 0.6 is 0 Å². The number of hydrogen-bond acceptors (Lipinski definition) is 3. The van der Waals surface area contributed by atoms with E-state index >= 15 is 0 Å². The van der Waals surface area contributed by atoms with Crippen molar-refractivity contribution in [2.24, 2.45) is 0 Å². The lowest BCUT2D eigenvalue weighted by Gasteiger charge is -2.20. The topological polar surface area (TPSA) is 30.5 Å². The van der Waals surface area contributed by atoms with E-state index in [4.69, 9.17) is 9.47 Å². The number of benzene rings is 3. The van der Waals surface area contributed by atoms with Gasteiger partial charge >= 0.3 is 0 Å². The van der Waals surface area contributed by atoms with E-state index in [0.29, 0.717) is 6.61 Å². The smallest absolute Gasteiger partial charge is 0.127 e. The highest BCUT2D eigenvalue weighted by atomic mass is 16.5. The molecule has 0 bridgehead atoms. The zero-order valence-electron chi connectivity index (χ0n) is 16.5. The van der Waals surface area contributed by atoms with Crippen molar-refractivity contribution >= 4 is 10.8 Å². The fourth-order valence-electron chi connectivity index (χ4n) is 3.57. The van der Waals surface area contributed by atoms with Gasteiger partial charge in [0, 0.05) is 23.4 Å². The van der Waals surface area contributed by atoms with Crippen molar-refractivity contribution < 1.29 is 9.47 Å². The summed E-state index contributed by atoms with van der Waals surface area (Å²) in [6.07, 6.45) is 3.14. The highest BCUT2D eigenvalue weighted by molar-refractivity contribution is 5.88. The van der Waals surface area contributed by atoms with Gasteiger partial charge in [-0.05, 0) is 36.6 Å². The Morgan fingerprint density at radius 1 is 0.963 bits per heavy atom. The maximum absolute atomic E-state index is 6.17. The zero-order valence-corrected chi connectivity index (χ0v) is 16.5. The summed E-state index contributed by atoms with van der Waals surface area (Å²) in [4.78, 5) is 0. The fraction of sp³-hybridized carbons (Fsp3) is 0.333. The van der Waals surface area contributed by atoms with Crippen molar-refractivity contribution in [2.45, 2.75) is 32.2 Å². The number of aryl methyl sites for hydroxylation is 1. The van der Waals surface area contributed by atoms with Crippen LogP contribution in [0.4, 0.5) is 0 Å². The molecule has 0 saturated carbocycles. The molecule has 1 N–H and O–H groups in total. The van der Waals surface area contributed by atoms with Crippen LogP contribution in [0.25, 0.3) is 10.8 Å². The van der Waals surface area contributed by atoms with E-state index < -0.39 is 0 Å². The van der Waals surface area contributed by atoms with Crippen molar-refractivity contribution in [2.75, 3.05) is 20.8 Å². The molecule has 1 atom stereocenters. The Balaban J connectivity index is 1.71. The number of para-hydroxylation sites is 1. The van der Waals surface area contributed by atoms with Gasteiger partial charge in [-0.25, -0.2) is 0 Å². The van der Waals surface area contributed by atoms with Crippen molar-refractivity contribution in [3.05, 3.63) is 71.8 Å². The standard InChI is InChI=1S/C24H29NO2/c1-4-8-18-13-14-20-19(17-18)9-7-12-24(20)27-16-15-22(25-2)21-10-5-6-11-23(21)26-3/h5-7,9-14,17,22,25H,4,8,15-16H2,1-3H3. The van der Waals surface area contributed by atoms with Gasteiger partial charge in [0.25, 0.3) is 0 Å². The van der Waals surface area contributed by atoms with E-state index in [1.165, 1.54) is 16.3 Å². The molecule has 0 spiro atoms. The molecule has 1 unspecified atom stereocenters. The van der Waals surface area contributed by atoms with Gasteiger partial charge in [-0.2, -0.15) is 0 Å². The van der Waals surface area contributed by atoms with Crippen LogP contribution < -0.4 is 14.8 Å². The lowest BCUT2D eigenvalue weighted by atomic mass is 10.0. The van der Waals surface area contributed by atoms with Crippen LogP contribution in [0, 0.1) is 0 Å². The molecule has 3 nitrogen and oxygen atoms in total. The Kier molecular flexibility index (Phi) is 6.72. The Morgan fingerprint density at radius 2 is 1.78 bits per heavy atom. The minimum atomic E-state index is 0.187. The third kappa shape index (κ3) is 4.61. The van der Waals surface area contributed by atoms with Crippen molar-refractivity contribution in [1.29, 1.82) is 0 Å². The largest absolute Gasteiger partial charge is 0.496 e. The maximum Gasteiger partial charge on any atom is 0.127 e. The molecular formula is C24H29NO2. The first kappa shape index (κ1) is 19.2. The Bertz CT molecular complexity index is 875. The summed E-state index contributed by atoms with van der Waals surface area (Å²) in [5.74, 6) is 1.86. The number of ether oxygens (including phenoxy) is 2. The van der Waals surface area contributed by atoms with Gasteiger partial charge in [0.15, 0.2) is 0 Å². The quantitative estimate of drug-likeness (QED) is 0.542. The molecule has 3 aromatic carbocycles. The molecule has 0 saturated heterocycles. The van der Waals surface area contributed by atoms with Gasteiger partial charge in [0.05, 0.1) is 13.7 Å². The maximum atomic E-state index is 6.17. The second kappa shape index (κ2) is 9.43. The summed E-state index contributed by atoms with van der Waals surface area (Å²) in [5, 5.41) is 5.80. The summed E-state index contributed by atoms with van der Waals surface area (Å²) in [6.45, 7) is 2.85. The molecule has 142 valence electrons. The Hall–Kier alpha value is -2.52. The fourth-order valence-corrected chi connectivity index (χ4v) is 3.57. The summed E-state index contributed by atoms with van der Waals surface area (Å²) in [5.41, 5.74) is 2.54. The molecule has 27 heavy (non-hydrogen) atoms. The normalized spacial score (nSPS) is 12.1. The molecule has 0 aliphatic carbocycles. The highest BCUT2D eigenvalue weighted by Crippen LogP contribution is 2.29. The van der Waals surface area contributed by atoms with E-state index in [2.05, 4.69) is 54.7 Å². The number of hydrogen-bond donors (Lipinski definition) is 1. The van der Waals surface area contributed by atoms with Crippen LogP contribution in [-0.4, -0.2) is 20.8 Å². The third-order valence-electron chi connectivity index (χ3n) is 4.97. The molecule has 0 fully saturated rings. The molecule has 3 rings (SSSR count). The molecular weight excluding hydrogens is 334 g/mol. The second-order valence-electron chi connectivity index (χ2n) is 6.78. The lowest BCUT2D eigenvalue weighted by molar-refractivity contribution is 0.290. The summed E-state index contributed by atoms with van der Waals surface area (Å²) in [7, 11) is 3.69. The van der Waals surface area contributed by atoms with Gasteiger partial charge in [0.1, 0.15) is 11.5 Å². The average molecular weight is 364 g/mol. The first-order valence-electron chi connectivity index (χ1n) is 9.71. The second-order valence-corrected chi connectivity index (χ2v) is 6.78. The van der Waals surface area contributed by atoms with E-state index in [9.17, 15) is 0 Å². The monoisotopic (exact) mass is 363 g/mol. The summed E-state index contributed by atoms with van der Waals surface area (Å²) >= 11 is 0. The molecule has 0 heterocycles. The van der Waals surface area contributed by atoms with Crippen LogP contribution in [0.5, 0.6) is 11.5 Å². The van der Waals surface area contributed by atoms with Crippen LogP contribution in [0.15, 0.2) is 60.7 Å². The first-order chi connectivity index (χ1) is 13.3. The van der Waals surface area contributed by atoms with Gasteiger partial charge in [-0.1, -0.05) is 61.9 Å². The van der Waals surface area contributed by atoms with Gasteiger partial charge < -0.3 is 14.8 Å². The van der Waals surface area contributed by atoms with Crippen molar-refractivity contribution in [3.63, 3.8) is 0 Å². The van der Waals surface area contributed by atoms with Gasteiger partial charge in [0.2, 0.25) is 0 Å². The third-order valence-corrected chi connectivity index (χ3v) is 4.97. The predicted molar refractivity (Wildman–Crippen MR) is 113 cm³/mol. The van der Waals surface area contributed by atoms with E-state index in [1.807, 2.05) is 25.2 Å². The molecule has 0 radical (unpaired) electrons. The zero-order chi connectivity index (χ0) is 19.1. The minimum absolute atomic E-state index is 0.187. The molecule has 0 amide bonds. The van der Waals surface area contributed by atoms with Gasteiger partial charge in [-0.3, -0.25) is 0 Å². The summed E-state index contributed by atoms with van der Waals surface area (Å²) in [6, 6.07) is 21.3. The molecule has 0 aliphatic heterocycles. The molecule has 0 aliphatic rings. The van der Waals surface area contributed by atoms with E-state index in [0.717, 1.165) is 36.3 Å². The van der Waals surface area contributed by atoms with Crippen molar-refractivity contribution in [3.8, 4) is 11.5 Å². The minimum Gasteiger partial charge on any atom is -0.496 e. The van der Waals surface area contributed by atoms with Crippen molar-refractivity contribution in [1.82, 2.24) is 5.32 Å². The van der Waals surface area contributed by atoms with Crippen LogP contribution in [0.1, 0.15) is 36.9 Å². The predicted octanol–water partition coefficient (Wildman–Crippen LogP) is 5.53. The van der Waals surface area contributed by atoms with Gasteiger partial charge in [-0.15, -0.1) is 0 Å². The molecule has 0 aromatic heterocycles. The van der Waals surface area contributed by atoms with Crippen LogP contribution in [0.3, 0.4) is 0 Å². The molecule has 3 aromatic rings. The SMILES string of the molecule is CCCc1ccc2c(OCCC(NC)c3ccccc3OC)cccc2c1. The van der Waals surface area contributed by atoms with E-state index in [1.54, 1.807) is 7.11 Å².